The van der Waals surface area contributed by atoms with Crippen molar-refractivity contribution in [2.75, 3.05) is 26.7 Å². The van der Waals surface area contributed by atoms with Crippen LogP contribution >= 0.6 is 0 Å². The van der Waals surface area contributed by atoms with E-state index in [-0.39, 0.29) is 5.97 Å². The molecule has 0 aliphatic carbocycles. The first-order valence-corrected chi connectivity index (χ1v) is 7.09. The van der Waals surface area contributed by atoms with Crippen molar-refractivity contribution in [3.05, 3.63) is 12.2 Å². The van der Waals surface area contributed by atoms with Crippen LogP contribution in [0.15, 0.2) is 12.2 Å². The standard InChI is InChI=1S/C15H29NO2/c1-5-6-11-16(4)12-9-7-8-10-13-18-15(17)14(2)3/h2,5-13H2,1,3-4H3. The van der Waals surface area contributed by atoms with Crippen molar-refractivity contribution in [2.45, 2.75) is 52.4 Å². The Bertz CT molecular complexity index is 239. The van der Waals surface area contributed by atoms with Crippen LogP contribution in [0.1, 0.15) is 52.4 Å². The number of nitrogens with zero attached hydrogens (tertiary/aromatic N) is 1. The first kappa shape index (κ1) is 17.2. The van der Waals surface area contributed by atoms with Gasteiger partial charge in [0, 0.05) is 5.57 Å². The lowest BCUT2D eigenvalue weighted by Gasteiger charge is -2.15. The van der Waals surface area contributed by atoms with Gasteiger partial charge in [0.05, 0.1) is 6.61 Å². The lowest BCUT2D eigenvalue weighted by atomic mass is 10.2. The Labute approximate surface area is 112 Å². The fraction of sp³-hybridized carbons (Fsp3) is 0.800. The quantitative estimate of drug-likeness (QED) is 0.322. The lowest BCUT2D eigenvalue weighted by molar-refractivity contribution is -0.139. The zero-order valence-electron chi connectivity index (χ0n) is 12.3. The smallest absolute Gasteiger partial charge is 0.333 e. The number of esters is 1. The number of carbonyl (C=O) groups is 1. The van der Waals surface area contributed by atoms with Gasteiger partial charge in [-0.05, 0) is 46.3 Å². The van der Waals surface area contributed by atoms with Gasteiger partial charge in [0.15, 0.2) is 0 Å². The third kappa shape index (κ3) is 10.3. The van der Waals surface area contributed by atoms with Crippen LogP contribution in [0.5, 0.6) is 0 Å². The van der Waals surface area contributed by atoms with Crippen molar-refractivity contribution in [1.29, 1.82) is 0 Å². The molecule has 0 spiro atoms. The van der Waals surface area contributed by atoms with E-state index >= 15 is 0 Å². The van der Waals surface area contributed by atoms with Crippen molar-refractivity contribution in [3.63, 3.8) is 0 Å². The third-order valence-corrected chi connectivity index (χ3v) is 2.91. The largest absolute Gasteiger partial charge is 0.462 e. The first-order valence-electron chi connectivity index (χ1n) is 7.09. The van der Waals surface area contributed by atoms with Crippen molar-refractivity contribution in [1.82, 2.24) is 4.90 Å². The fourth-order valence-corrected chi connectivity index (χ4v) is 1.67. The maximum Gasteiger partial charge on any atom is 0.333 e. The Balaban J connectivity index is 3.25. The SMILES string of the molecule is C=C(C)C(=O)OCCCCCCN(C)CCCC. The van der Waals surface area contributed by atoms with Gasteiger partial charge in [-0.15, -0.1) is 0 Å². The highest BCUT2D eigenvalue weighted by molar-refractivity contribution is 5.86. The van der Waals surface area contributed by atoms with Crippen molar-refractivity contribution >= 4 is 5.97 Å². The molecule has 0 fully saturated rings. The molecule has 3 nitrogen and oxygen atoms in total. The molecule has 0 N–H and O–H groups in total. The highest BCUT2D eigenvalue weighted by Crippen LogP contribution is 2.03. The van der Waals surface area contributed by atoms with Gasteiger partial charge in [0.1, 0.15) is 0 Å². The molecule has 3 heteroatoms. The van der Waals surface area contributed by atoms with E-state index in [0.29, 0.717) is 12.2 Å². The maximum absolute atomic E-state index is 11.1. The molecule has 0 atom stereocenters. The zero-order valence-corrected chi connectivity index (χ0v) is 12.3. The van der Waals surface area contributed by atoms with Crippen LogP contribution < -0.4 is 0 Å². The van der Waals surface area contributed by atoms with Crippen LogP contribution in [0.4, 0.5) is 0 Å². The summed E-state index contributed by atoms with van der Waals surface area (Å²) >= 11 is 0. The summed E-state index contributed by atoms with van der Waals surface area (Å²) in [4.78, 5) is 13.5. The van der Waals surface area contributed by atoms with Crippen molar-refractivity contribution in [2.24, 2.45) is 0 Å². The summed E-state index contributed by atoms with van der Waals surface area (Å²) in [6, 6.07) is 0. The summed E-state index contributed by atoms with van der Waals surface area (Å²) in [6.45, 7) is 10.3. The summed E-state index contributed by atoms with van der Waals surface area (Å²) in [5.41, 5.74) is 0.479. The summed E-state index contributed by atoms with van der Waals surface area (Å²) < 4.78 is 5.04. The van der Waals surface area contributed by atoms with Gasteiger partial charge >= 0.3 is 5.97 Å². The molecular formula is C15H29NO2. The van der Waals surface area contributed by atoms with E-state index in [1.165, 1.54) is 38.8 Å². The third-order valence-electron chi connectivity index (χ3n) is 2.91. The number of ether oxygens (including phenoxy) is 1. The molecule has 0 rings (SSSR count). The molecule has 0 aliphatic rings. The van der Waals surface area contributed by atoms with Gasteiger partial charge in [-0.2, -0.15) is 0 Å². The number of carbonyl (C=O) groups excluding carboxylic acids is 1. The van der Waals surface area contributed by atoms with Gasteiger partial charge in [-0.1, -0.05) is 32.8 Å². The zero-order chi connectivity index (χ0) is 13.8. The molecule has 0 aromatic heterocycles. The molecule has 0 aromatic carbocycles. The summed E-state index contributed by atoms with van der Waals surface area (Å²) in [7, 11) is 2.18. The molecule has 0 saturated carbocycles. The predicted molar refractivity (Wildman–Crippen MR) is 76.6 cm³/mol. The second-order valence-electron chi connectivity index (χ2n) is 4.99. The van der Waals surface area contributed by atoms with Gasteiger partial charge in [0.2, 0.25) is 0 Å². The number of rotatable bonds is 11. The van der Waals surface area contributed by atoms with Gasteiger partial charge in [0.25, 0.3) is 0 Å². The molecule has 18 heavy (non-hydrogen) atoms. The molecule has 0 aliphatic heterocycles. The van der Waals surface area contributed by atoms with Crippen LogP contribution in [-0.2, 0) is 9.53 Å². The summed E-state index contributed by atoms with van der Waals surface area (Å²) in [6.07, 6.45) is 7.07. The van der Waals surface area contributed by atoms with Crippen molar-refractivity contribution in [3.8, 4) is 0 Å². The minimum Gasteiger partial charge on any atom is -0.462 e. The second kappa shape index (κ2) is 11.3. The second-order valence-corrected chi connectivity index (χ2v) is 4.99. The van der Waals surface area contributed by atoms with Crippen molar-refractivity contribution < 1.29 is 9.53 Å². The Morgan fingerprint density at radius 2 is 1.72 bits per heavy atom. The van der Waals surface area contributed by atoms with Gasteiger partial charge < -0.3 is 9.64 Å². The molecule has 0 radical (unpaired) electrons. The average molecular weight is 255 g/mol. The molecule has 106 valence electrons. The minimum absolute atomic E-state index is 0.269. The predicted octanol–water partition coefficient (Wildman–Crippen LogP) is 3.40. The first-order chi connectivity index (χ1) is 8.57. The average Bonchev–Trinajstić information content (AvgIpc) is 2.34. The summed E-state index contributed by atoms with van der Waals surface area (Å²) in [5, 5.41) is 0. The fourth-order valence-electron chi connectivity index (χ4n) is 1.67. The monoisotopic (exact) mass is 255 g/mol. The van der Waals surface area contributed by atoms with Crippen LogP contribution in [0.3, 0.4) is 0 Å². The van der Waals surface area contributed by atoms with Gasteiger partial charge in [-0.3, -0.25) is 0 Å². The Morgan fingerprint density at radius 3 is 2.33 bits per heavy atom. The molecule has 0 bridgehead atoms. The molecule has 0 unspecified atom stereocenters. The summed E-state index contributed by atoms with van der Waals surface area (Å²) in [5.74, 6) is -0.269. The lowest BCUT2D eigenvalue weighted by Crippen LogP contribution is -2.20. The van der Waals surface area contributed by atoms with Crippen LogP contribution in [0.25, 0.3) is 0 Å². The highest BCUT2D eigenvalue weighted by atomic mass is 16.5. The molecule has 0 heterocycles. The van der Waals surface area contributed by atoms with Gasteiger partial charge in [-0.25, -0.2) is 4.79 Å². The van der Waals surface area contributed by atoms with E-state index < -0.39 is 0 Å². The topological polar surface area (TPSA) is 29.5 Å². The minimum atomic E-state index is -0.269. The highest BCUT2D eigenvalue weighted by Gasteiger charge is 2.02. The van der Waals surface area contributed by atoms with E-state index in [2.05, 4.69) is 25.5 Å². The molecule has 0 saturated heterocycles. The van der Waals surface area contributed by atoms with E-state index in [1.807, 2.05) is 0 Å². The number of unbranched alkanes of at least 4 members (excludes halogenated alkanes) is 4. The van der Waals surface area contributed by atoms with Crippen LogP contribution in [0, 0.1) is 0 Å². The Morgan fingerprint density at radius 1 is 1.11 bits per heavy atom. The van der Waals surface area contributed by atoms with E-state index in [4.69, 9.17) is 4.74 Å². The van der Waals surface area contributed by atoms with E-state index in [1.54, 1.807) is 6.92 Å². The Kier molecular flexibility index (Phi) is 10.8. The number of hydrogen-bond acceptors (Lipinski definition) is 3. The normalized spacial score (nSPS) is 10.7. The molecular weight excluding hydrogens is 226 g/mol. The van der Waals surface area contributed by atoms with E-state index in [9.17, 15) is 4.79 Å². The van der Waals surface area contributed by atoms with E-state index in [0.717, 1.165) is 12.8 Å². The van der Waals surface area contributed by atoms with Crippen LogP contribution in [-0.4, -0.2) is 37.6 Å². The number of hydrogen-bond donors (Lipinski definition) is 0. The van der Waals surface area contributed by atoms with Crippen LogP contribution in [0.2, 0.25) is 0 Å². The molecule has 0 amide bonds. The molecule has 0 aromatic rings. The Hall–Kier alpha value is -0.830. The maximum atomic E-state index is 11.1.